The number of carboxylic acids is 1. The average molecular weight is 226 g/mol. The van der Waals surface area contributed by atoms with E-state index in [1.807, 2.05) is 0 Å². The number of halogens is 1. The molecule has 2 atom stereocenters. The molecule has 0 heterocycles. The molecule has 2 unspecified atom stereocenters. The highest BCUT2D eigenvalue weighted by Crippen LogP contribution is 2.26. The summed E-state index contributed by atoms with van der Waals surface area (Å²) in [5.41, 5.74) is 0.775. The third-order valence-corrected chi connectivity index (χ3v) is 2.68. The number of carboxylic acid groups (broad SMARTS) is 1. The van der Waals surface area contributed by atoms with Crippen molar-refractivity contribution >= 4 is 5.97 Å². The standard InChI is InChI=1S/C12H15FO3/c1-3-9(12(15)16)11(14)8-5-4-7(2)10(13)6-8/h4-6,9,11,14H,3H2,1-2H3,(H,15,16). The first-order chi connectivity index (χ1) is 7.47. The van der Waals surface area contributed by atoms with Crippen LogP contribution in [0.1, 0.15) is 30.6 Å². The minimum absolute atomic E-state index is 0.298. The van der Waals surface area contributed by atoms with Crippen LogP contribution in [0.5, 0.6) is 0 Å². The Morgan fingerprint density at radius 1 is 1.50 bits per heavy atom. The van der Waals surface area contributed by atoms with Crippen molar-refractivity contribution < 1.29 is 19.4 Å². The van der Waals surface area contributed by atoms with Crippen LogP contribution in [0.25, 0.3) is 0 Å². The molecule has 4 heteroatoms. The van der Waals surface area contributed by atoms with Gasteiger partial charge in [-0.05, 0) is 30.5 Å². The first kappa shape index (κ1) is 12.6. The van der Waals surface area contributed by atoms with E-state index in [0.29, 0.717) is 17.5 Å². The molecule has 0 saturated carbocycles. The summed E-state index contributed by atoms with van der Waals surface area (Å²) >= 11 is 0. The normalized spacial score (nSPS) is 14.5. The molecule has 0 fully saturated rings. The van der Waals surface area contributed by atoms with Crippen molar-refractivity contribution in [2.45, 2.75) is 26.4 Å². The number of aliphatic carboxylic acids is 1. The topological polar surface area (TPSA) is 57.5 Å². The van der Waals surface area contributed by atoms with Crippen molar-refractivity contribution in [3.63, 3.8) is 0 Å². The van der Waals surface area contributed by atoms with E-state index in [1.54, 1.807) is 19.9 Å². The first-order valence-electron chi connectivity index (χ1n) is 5.14. The van der Waals surface area contributed by atoms with Gasteiger partial charge in [-0.3, -0.25) is 4.79 Å². The Bertz CT molecular complexity index is 390. The summed E-state index contributed by atoms with van der Waals surface area (Å²) in [5, 5.41) is 18.7. The molecule has 2 N–H and O–H groups in total. The monoisotopic (exact) mass is 226 g/mol. The Morgan fingerprint density at radius 3 is 2.56 bits per heavy atom. The molecule has 0 radical (unpaired) electrons. The van der Waals surface area contributed by atoms with Crippen LogP contribution in [0.4, 0.5) is 4.39 Å². The lowest BCUT2D eigenvalue weighted by Crippen LogP contribution is -2.21. The highest BCUT2D eigenvalue weighted by Gasteiger charge is 2.26. The second-order valence-electron chi connectivity index (χ2n) is 3.81. The molecule has 16 heavy (non-hydrogen) atoms. The van der Waals surface area contributed by atoms with E-state index in [1.165, 1.54) is 12.1 Å². The van der Waals surface area contributed by atoms with Crippen molar-refractivity contribution in [3.05, 3.63) is 35.1 Å². The minimum Gasteiger partial charge on any atom is -0.481 e. The van der Waals surface area contributed by atoms with Gasteiger partial charge in [0, 0.05) is 0 Å². The van der Waals surface area contributed by atoms with E-state index < -0.39 is 23.8 Å². The number of benzene rings is 1. The SMILES string of the molecule is CCC(C(=O)O)C(O)c1ccc(C)c(F)c1. The lowest BCUT2D eigenvalue weighted by molar-refractivity contribution is -0.146. The summed E-state index contributed by atoms with van der Waals surface area (Å²) < 4.78 is 13.2. The molecule has 0 spiro atoms. The van der Waals surface area contributed by atoms with Gasteiger partial charge < -0.3 is 10.2 Å². The molecule has 0 bridgehead atoms. The van der Waals surface area contributed by atoms with Gasteiger partial charge in [-0.25, -0.2) is 4.39 Å². The van der Waals surface area contributed by atoms with Gasteiger partial charge >= 0.3 is 5.97 Å². The Balaban J connectivity index is 2.99. The van der Waals surface area contributed by atoms with E-state index in [-0.39, 0.29) is 0 Å². The number of aliphatic hydroxyl groups excluding tert-OH is 1. The van der Waals surface area contributed by atoms with Gasteiger partial charge in [0.2, 0.25) is 0 Å². The van der Waals surface area contributed by atoms with Crippen LogP contribution in [0.15, 0.2) is 18.2 Å². The maximum absolute atomic E-state index is 13.2. The maximum Gasteiger partial charge on any atom is 0.309 e. The van der Waals surface area contributed by atoms with Gasteiger partial charge in [0.25, 0.3) is 0 Å². The van der Waals surface area contributed by atoms with Gasteiger partial charge in [-0.1, -0.05) is 19.1 Å². The van der Waals surface area contributed by atoms with Crippen LogP contribution in [-0.4, -0.2) is 16.2 Å². The zero-order chi connectivity index (χ0) is 12.3. The number of hydrogen-bond donors (Lipinski definition) is 2. The number of hydrogen-bond acceptors (Lipinski definition) is 2. The molecule has 88 valence electrons. The molecular formula is C12H15FO3. The van der Waals surface area contributed by atoms with Crippen LogP contribution < -0.4 is 0 Å². The van der Waals surface area contributed by atoms with Crippen molar-refractivity contribution in [3.8, 4) is 0 Å². The van der Waals surface area contributed by atoms with E-state index in [0.717, 1.165) is 0 Å². The Labute approximate surface area is 93.5 Å². The highest BCUT2D eigenvalue weighted by molar-refractivity contribution is 5.71. The summed E-state index contributed by atoms with van der Waals surface area (Å²) in [7, 11) is 0. The summed E-state index contributed by atoms with van der Waals surface area (Å²) in [5.74, 6) is -2.41. The second-order valence-corrected chi connectivity index (χ2v) is 3.81. The average Bonchev–Trinajstić information content (AvgIpc) is 2.22. The van der Waals surface area contributed by atoms with Crippen LogP contribution in [-0.2, 0) is 4.79 Å². The molecule has 0 aromatic heterocycles. The molecule has 1 aromatic carbocycles. The third kappa shape index (κ3) is 2.58. The van der Waals surface area contributed by atoms with E-state index >= 15 is 0 Å². The largest absolute Gasteiger partial charge is 0.481 e. The molecule has 0 saturated heterocycles. The van der Waals surface area contributed by atoms with Crippen molar-refractivity contribution in [2.75, 3.05) is 0 Å². The summed E-state index contributed by atoms with van der Waals surface area (Å²) in [6.07, 6.45) is -0.871. The smallest absolute Gasteiger partial charge is 0.309 e. The Kier molecular flexibility index (Phi) is 4.01. The fourth-order valence-corrected chi connectivity index (χ4v) is 1.56. The molecular weight excluding hydrogens is 211 g/mol. The van der Waals surface area contributed by atoms with Crippen LogP contribution >= 0.6 is 0 Å². The molecule has 1 rings (SSSR count). The van der Waals surface area contributed by atoms with E-state index in [4.69, 9.17) is 5.11 Å². The summed E-state index contributed by atoms with van der Waals surface area (Å²) in [6.45, 7) is 3.28. The van der Waals surface area contributed by atoms with E-state index in [2.05, 4.69) is 0 Å². The van der Waals surface area contributed by atoms with Crippen LogP contribution in [0.3, 0.4) is 0 Å². The van der Waals surface area contributed by atoms with Gasteiger partial charge in [0.05, 0.1) is 12.0 Å². The summed E-state index contributed by atoms with van der Waals surface area (Å²) in [4.78, 5) is 10.8. The molecule has 0 aliphatic carbocycles. The third-order valence-electron chi connectivity index (χ3n) is 2.68. The predicted molar refractivity (Wildman–Crippen MR) is 57.5 cm³/mol. The lowest BCUT2D eigenvalue weighted by Gasteiger charge is -2.18. The first-order valence-corrected chi connectivity index (χ1v) is 5.14. The van der Waals surface area contributed by atoms with Crippen molar-refractivity contribution in [2.24, 2.45) is 5.92 Å². The molecule has 1 aromatic rings. The zero-order valence-electron chi connectivity index (χ0n) is 9.27. The van der Waals surface area contributed by atoms with Crippen molar-refractivity contribution in [1.82, 2.24) is 0 Å². The van der Waals surface area contributed by atoms with Crippen LogP contribution in [0, 0.1) is 18.7 Å². The fourth-order valence-electron chi connectivity index (χ4n) is 1.56. The van der Waals surface area contributed by atoms with Gasteiger partial charge in [0.1, 0.15) is 5.82 Å². The number of aliphatic hydroxyl groups is 1. The zero-order valence-corrected chi connectivity index (χ0v) is 9.27. The van der Waals surface area contributed by atoms with Crippen LogP contribution in [0.2, 0.25) is 0 Å². The number of rotatable bonds is 4. The predicted octanol–water partition coefficient (Wildman–Crippen LogP) is 2.28. The highest BCUT2D eigenvalue weighted by atomic mass is 19.1. The molecule has 0 aliphatic heterocycles. The quantitative estimate of drug-likeness (QED) is 0.828. The maximum atomic E-state index is 13.2. The minimum atomic E-state index is -1.17. The second kappa shape index (κ2) is 5.07. The van der Waals surface area contributed by atoms with Gasteiger partial charge in [0.15, 0.2) is 0 Å². The van der Waals surface area contributed by atoms with Gasteiger partial charge in [-0.2, -0.15) is 0 Å². The molecule has 0 amide bonds. The number of aryl methyl sites for hydroxylation is 1. The molecule has 0 aliphatic rings. The number of carbonyl (C=O) groups is 1. The fraction of sp³-hybridized carbons (Fsp3) is 0.417. The Hall–Kier alpha value is -1.42. The summed E-state index contributed by atoms with van der Waals surface area (Å²) in [6, 6.07) is 4.27. The van der Waals surface area contributed by atoms with Gasteiger partial charge in [-0.15, -0.1) is 0 Å². The lowest BCUT2D eigenvalue weighted by atomic mass is 9.93. The van der Waals surface area contributed by atoms with E-state index in [9.17, 15) is 14.3 Å². The Morgan fingerprint density at radius 2 is 2.12 bits per heavy atom. The van der Waals surface area contributed by atoms with Crippen molar-refractivity contribution in [1.29, 1.82) is 0 Å². The molecule has 3 nitrogen and oxygen atoms in total.